The second kappa shape index (κ2) is 9.62. The third-order valence-electron chi connectivity index (χ3n) is 11.3. The molecule has 0 N–H and O–H groups in total. The Morgan fingerprint density at radius 2 is 1.04 bits per heavy atom. The molecule has 0 radical (unpaired) electrons. The van der Waals surface area contributed by atoms with Gasteiger partial charge in [0.05, 0.1) is 5.39 Å². The van der Waals surface area contributed by atoms with Gasteiger partial charge < -0.3 is 8.83 Å². The van der Waals surface area contributed by atoms with Crippen molar-refractivity contribution >= 4 is 87.8 Å². The number of fused-ring (bicyclic) bond motifs is 9. The van der Waals surface area contributed by atoms with Crippen LogP contribution in [0.15, 0.2) is 148 Å². The van der Waals surface area contributed by atoms with Gasteiger partial charge in [0.2, 0.25) is 0 Å². The van der Waals surface area contributed by atoms with Crippen LogP contribution in [-0.2, 0) is 6.42 Å². The summed E-state index contributed by atoms with van der Waals surface area (Å²) >= 11 is 0. The number of rotatable bonds is 2. The number of hydrogen-bond acceptors (Lipinski definition) is 2. The van der Waals surface area contributed by atoms with Crippen LogP contribution in [0.3, 0.4) is 0 Å². The van der Waals surface area contributed by atoms with E-state index in [1.807, 2.05) is 12.1 Å². The van der Waals surface area contributed by atoms with Crippen molar-refractivity contribution < 1.29 is 8.83 Å². The molecule has 232 valence electrons. The third-order valence-corrected chi connectivity index (χ3v) is 11.3. The fraction of sp³-hybridized carbons (Fsp3) is 0.0417. The summed E-state index contributed by atoms with van der Waals surface area (Å²) in [5.41, 5.74) is 14.0. The van der Waals surface area contributed by atoms with E-state index in [0.29, 0.717) is 0 Å². The molecule has 50 heavy (non-hydrogen) atoms. The molecule has 0 saturated carbocycles. The molecule has 0 atom stereocenters. The topological polar surface area (TPSA) is 26.3 Å². The third kappa shape index (κ3) is 3.38. The Hall–Kier alpha value is -6.38. The fourth-order valence-electron chi connectivity index (χ4n) is 9.22. The molecule has 2 heterocycles. The van der Waals surface area contributed by atoms with Crippen molar-refractivity contribution in [1.82, 2.24) is 0 Å². The minimum atomic E-state index is 0.860. The first-order valence-corrected chi connectivity index (χ1v) is 17.5. The van der Waals surface area contributed by atoms with Gasteiger partial charge in [-0.3, -0.25) is 0 Å². The Morgan fingerprint density at radius 1 is 0.440 bits per heavy atom. The van der Waals surface area contributed by atoms with Gasteiger partial charge in [0, 0.05) is 27.3 Å². The smallest absolute Gasteiger partial charge is 0.147 e. The summed E-state index contributed by atoms with van der Waals surface area (Å²) in [4.78, 5) is 0. The molecule has 10 aromatic rings. The standard InChI is InChI=1S/C48H28O2/c1-3-15-33-31(13-1)44(36-25-23-29-21-20-27-10-9-11-28-22-24-35(36)43(29)42(27)28)32-14-2-4-16-34(32)45(33)39-26-38-30-12-5-7-18-40(30)49-47(38)46-37-17-6-8-19-41(37)50-48(39)46/h1-10,12-23,25-26H,11,24H2. The zero-order valence-corrected chi connectivity index (χ0v) is 27.1. The monoisotopic (exact) mass is 636 g/mol. The van der Waals surface area contributed by atoms with E-state index in [1.165, 1.54) is 71.3 Å². The number of furan rings is 2. The molecule has 0 saturated heterocycles. The predicted octanol–water partition coefficient (Wildman–Crippen LogP) is 13.6. The molecule has 2 aliphatic carbocycles. The van der Waals surface area contributed by atoms with Crippen molar-refractivity contribution in [2.24, 2.45) is 0 Å². The second-order valence-electron chi connectivity index (χ2n) is 13.8. The van der Waals surface area contributed by atoms with Crippen molar-refractivity contribution in [2.45, 2.75) is 12.8 Å². The molecule has 0 unspecified atom stereocenters. The van der Waals surface area contributed by atoms with E-state index in [4.69, 9.17) is 8.83 Å². The van der Waals surface area contributed by atoms with Crippen LogP contribution in [0, 0.1) is 0 Å². The Kier molecular flexibility index (Phi) is 5.11. The maximum atomic E-state index is 6.83. The van der Waals surface area contributed by atoms with Crippen molar-refractivity contribution in [3.05, 3.63) is 156 Å². The summed E-state index contributed by atoms with van der Waals surface area (Å²) in [6.07, 6.45) is 9.00. The molecule has 0 bridgehead atoms. The Balaban J connectivity index is 1.25. The molecule has 0 amide bonds. The number of para-hydroxylation sites is 2. The van der Waals surface area contributed by atoms with Gasteiger partial charge in [-0.15, -0.1) is 0 Å². The van der Waals surface area contributed by atoms with Crippen molar-refractivity contribution in [2.75, 3.05) is 0 Å². The lowest BCUT2D eigenvalue weighted by atomic mass is 9.77. The van der Waals surface area contributed by atoms with E-state index in [0.717, 1.165) is 62.3 Å². The molecule has 0 fully saturated rings. The average molecular weight is 637 g/mol. The molecule has 8 aromatic carbocycles. The van der Waals surface area contributed by atoms with Crippen LogP contribution in [0.1, 0.15) is 23.1 Å². The summed E-state index contributed by atoms with van der Waals surface area (Å²) in [6, 6.07) is 46.2. The SMILES string of the molecule is C1=Cc2ccc3ccc(-c4c5ccccc5c(-c5cc6c7ccccc7oc6c6c5oc5ccccc56)c5ccccc45)c4c3c2C(=CC4)C1. The van der Waals surface area contributed by atoms with Crippen LogP contribution >= 0.6 is 0 Å². The lowest BCUT2D eigenvalue weighted by molar-refractivity contribution is 0.663. The lowest BCUT2D eigenvalue weighted by Crippen LogP contribution is -2.05. The first-order chi connectivity index (χ1) is 24.8. The lowest BCUT2D eigenvalue weighted by Gasteiger charge is -2.26. The highest BCUT2D eigenvalue weighted by atomic mass is 16.3. The van der Waals surface area contributed by atoms with E-state index in [-0.39, 0.29) is 0 Å². The van der Waals surface area contributed by atoms with E-state index in [9.17, 15) is 0 Å². The largest absolute Gasteiger partial charge is 0.455 e. The minimum Gasteiger partial charge on any atom is -0.455 e. The van der Waals surface area contributed by atoms with E-state index in [1.54, 1.807) is 0 Å². The molecule has 2 aromatic heterocycles. The van der Waals surface area contributed by atoms with Crippen molar-refractivity contribution in [3.63, 3.8) is 0 Å². The van der Waals surface area contributed by atoms with Crippen LogP contribution < -0.4 is 0 Å². The summed E-state index contributed by atoms with van der Waals surface area (Å²) < 4.78 is 13.4. The first kappa shape index (κ1) is 26.6. The molecule has 2 aliphatic rings. The van der Waals surface area contributed by atoms with Crippen molar-refractivity contribution in [3.8, 4) is 22.3 Å². The Bertz CT molecular complexity index is 3140. The van der Waals surface area contributed by atoms with Gasteiger partial charge in [-0.25, -0.2) is 0 Å². The van der Waals surface area contributed by atoms with Gasteiger partial charge in [0.1, 0.15) is 22.3 Å². The van der Waals surface area contributed by atoms with E-state index < -0.39 is 0 Å². The van der Waals surface area contributed by atoms with E-state index in [2.05, 4.69) is 133 Å². The molecule has 2 heteroatoms. The Labute approximate surface area is 287 Å². The van der Waals surface area contributed by atoms with Gasteiger partial charge in [-0.2, -0.15) is 0 Å². The number of hydrogen-bond donors (Lipinski definition) is 0. The second-order valence-corrected chi connectivity index (χ2v) is 13.8. The number of benzene rings is 8. The molecular weight excluding hydrogens is 609 g/mol. The highest BCUT2D eigenvalue weighted by molar-refractivity contribution is 6.30. The zero-order valence-electron chi connectivity index (χ0n) is 27.1. The minimum absolute atomic E-state index is 0.860. The number of allylic oxidation sites excluding steroid dienone is 3. The van der Waals surface area contributed by atoms with Crippen LogP contribution in [-0.4, -0.2) is 0 Å². The summed E-state index contributed by atoms with van der Waals surface area (Å²) in [7, 11) is 0. The van der Waals surface area contributed by atoms with Gasteiger partial charge in [-0.05, 0) is 96.7 Å². The van der Waals surface area contributed by atoms with Crippen LogP contribution in [0.4, 0.5) is 0 Å². The molecule has 0 aliphatic heterocycles. The van der Waals surface area contributed by atoms with Gasteiger partial charge >= 0.3 is 0 Å². The summed E-state index contributed by atoms with van der Waals surface area (Å²) in [5.74, 6) is 0. The molecular formula is C48H28O2. The predicted molar refractivity (Wildman–Crippen MR) is 210 cm³/mol. The Morgan fingerprint density at radius 3 is 1.78 bits per heavy atom. The van der Waals surface area contributed by atoms with Crippen LogP contribution in [0.25, 0.3) is 110 Å². The maximum Gasteiger partial charge on any atom is 0.147 e. The van der Waals surface area contributed by atoms with Gasteiger partial charge in [0.15, 0.2) is 0 Å². The highest BCUT2D eigenvalue weighted by Gasteiger charge is 2.27. The summed E-state index contributed by atoms with van der Waals surface area (Å²) in [6.45, 7) is 0. The van der Waals surface area contributed by atoms with Gasteiger partial charge in [-0.1, -0.05) is 127 Å². The molecule has 2 nitrogen and oxygen atoms in total. The van der Waals surface area contributed by atoms with Gasteiger partial charge in [0.25, 0.3) is 0 Å². The van der Waals surface area contributed by atoms with Crippen LogP contribution in [0.2, 0.25) is 0 Å². The average Bonchev–Trinajstić information content (AvgIpc) is 3.75. The molecule has 12 rings (SSSR count). The normalized spacial score (nSPS) is 13.9. The zero-order chi connectivity index (χ0) is 32.5. The quantitative estimate of drug-likeness (QED) is 0.177. The summed E-state index contributed by atoms with van der Waals surface area (Å²) in [5, 5.41) is 12.0. The highest BCUT2D eigenvalue weighted by Crippen LogP contribution is 2.51. The maximum absolute atomic E-state index is 6.83. The van der Waals surface area contributed by atoms with Crippen LogP contribution in [0.5, 0.6) is 0 Å². The first-order valence-electron chi connectivity index (χ1n) is 17.5. The van der Waals surface area contributed by atoms with E-state index >= 15 is 0 Å². The fourth-order valence-corrected chi connectivity index (χ4v) is 9.22. The van der Waals surface area contributed by atoms with Crippen molar-refractivity contribution in [1.29, 1.82) is 0 Å². The molecule has 0 spiro atoms.